The van der Waals surface area contributed by atoms with Crippen LogP contribution in [-0.2, 0) is 0 Å². The van der Waals surface area contributed by atoms with E-state index in [0.717, 1.165) is 11.3 Å². The highest BCUT2D eigenvalue weighted by atomic mass is 31.2. The average molecular weight is 751 g/mol. The number of hydrogen-bond acceptors (Lipinski definition) is 0. The van der Waals surface area contributed by atoms with Gasteiger partial charge in [-0.25, -0.2) is 0 Å². The van der Waals surface area contributed by atoms with Crippen LogP contribution in [0.4, 0.5) is 0 Å². The van der Waals surface area contributed by atoms with Crippen molar-refractivity contribution in [1.29, 1.82) is 0 Å². The number of allylic oxidation sites excluding steroid dienone is 1. The average Bonchev–Trinajstić information content (AvgIpc) is 3.41. The summed E-state index contributed by atoms with van der Waals surface area (Å²) in [7, 11) is 0. The second-order valence-electron chi connectivity index (χ2n) is 18.1. The van der Waals surface area contributed by atoms with Crippen molar-refractivity contribution in [3.05, 3.63) is 128 Å². The van der Waals surface area contributed by atoms with E-state index in [9.17, 15) is 0 Å². The molecule has 1 unspecified atom stereocenters. The first kappa shape index (κ1) is 38.4. The number of hydrogen-bond donors (Lipinski definition) is 0. The van der Waals surface area contributed by atoms with Gasteiger partial charge in [-0.1, -0.05) is 128 Å². The summed E-state index contributed by atoms with van der Waals surface area (Å²) in [6, 6.07) is 26.0. The molecule has 5 aromatic rings. The summed E-state index contributed by atoms with van der Waals surface area (Å²) < 4.78 is 5.86. The van der Waals surface area contributed by atoms with Gasteiger partial charge in [-0.05, 0) is 163 Å². The van der Waals surface area contributed by atoms with E-state index in [0.29, 0.717) is 5.66 Å². The molecule has 0 amide bonds. The van der Waals surface area contributed by atoms with E-state index >= 15 is 0 Å². The maximum absolute atomic E-state index is 2.93. The second-order valence-corrected chi connectivity index (χ2v) is 22.3. The van der Waals surface area contributed by atoms with Gasteiger partial charge in [0.25, 0.3) is 0 Å². The summed E-state index contributed by atoms with van der Waals surface area (Å²) in [5.74, 6) is 0. The predicted octanol–water partition coefficient (Wildman–Crippen LogP) is 15.1. The van der Waals surface area contributed by atoms with Crippen LogP contribution in [0.25, 0.3) is 28.2 Å². The minimum atomic E-state index is -1.97. The zero-order valence-electron chi connectivity index (χ0n) is 35.4. The first-order valence-corrected chi connectivity index (χ1v) is 24.0. The molecule has 3 fully saturated rings. The third kappa shape index (κ3) is 6.88. The van der Waals surface area contributed by atoms with E-state index in [2.05, 4.69) is 137 Å². The van der Waals surface area contributed by atoms with Gasteiger partial charge in [0, 0.05) is 17.0 Å². The summed E-state index contributed by atoms with van der Waals surface area (Å²) >= 11 is 0. The zero-order chi connectivity index (χ0) is 38.4. The molecule has 0 radical (unpaired) electrons. The monoisotopic (exact) mass is 751 g/mol. The van der Waals surface area contributed by atoms with Crippen LogP contribution in [0.3, 0.4) is 0 Å². The number of nitrogens with zero attached hydrogens (tertiary/aromatic N) is 2. The summed E-state index contributed by atoms with van der Waals surface area (Å²) in [6.45, 7) is 17.1. The Morgan fingerprint density at radius 1 is 0.509 bits per heavy atom. The smallest absolute Gasteiger partial charge is 0.118 e. The summed E-state index contributed by atoms with van der Waals surface area (Å²) in [4.78, 5) is 0. The van der Waals surface area contributed by atoms with Gasteiger partial charge < -0.3 is 0 Å². The van der Waals surface area contributed by atoms with Crippen LogP contribution in [0.5, 0.6) is 0 Å². The summed E-state index contributed by atoms with van der Waals surface area (Å²) in [5, 5.41) is 4.43. The molecule has 3 heteroatoms. The molecule has 0 N–H and O–H groups in total. The molecule has 3 aliphatic rings. The molecule has 1 aromatic heterocycles. The van der Waals surface area contributed by atoms with Crippen LogP contribution in [-0.4, -0.2) is 26.1 Å². The standard InChI is InChI=1S/C52H67N2P/c1-35-29-37(3)50(38(4)30-35)53-41(7)42(8)54(51-39(5)31-36(2)32-40(51)6)52(53)55(47-22-11-9-12-23-47,48-24-13-10-14-25-48)49-26-18-17-21-46(49)34-43-27-28-44-19-15-16-20-45(44)33-43/h15-16,19-20,27-34,47-49H,9-14,17-18,21-26H2,1-8H3. The van der Waals surface area contributed by atoms with Crippen molar-refractivity contribution in [2.24, 2.45) is 0 Å². The Hall–Kier alpha value is -3.48. The van der Waals surface area contributed by atoms with Gasteiger partial charge in [0.1, 0.15) is 5.20 Å². The molecule has 0 aliphatic heterocycles. The molecule has 2 nitrogen and oxygen atoms in total. The lowest BCUT2D eigenvalue weighted by Crippen LogP contribution is -2.34. The molecule has 0 spiro atoms. The lowest BCUT2D eigenvalue weighted by atomic mass is 9.92. The number of aromatic nitrogens is 2. The summed E-state index contributed by atoms with van der Waals surface area (Å²) in [5.41, 5.74) is 19.5. The Balaban J connectivity index is 1.60. The molecular formula is C52H67N2P. The lowest BCUT2D eigenvalue weighted by molar-refractivity contribution is 0.472. The Labute approximate surface area is 333 Å². The van der Waals surface area contributed by atoms with Crippen molar-refractivity contribution in [2.75, 3.05) is 0 Å². The van der Waals surface area contributed by atoms with E-state index in [1.807, 2.05) is 0 Å². The maximum Gasteiger partial charge on any atom is 0.118 e. The molecule has 1 heterocycles. The zero-order valence-corrected chi connectivity index (χ0v) is 36.3. The highest BCUT2D eigenvalue weighted by molar-refractivity contribution is 7.70. The third-order valence-electron chi connectivity index (χ3n) is 14.3. The minimum absolute atomic E-state index is 0.606. The van der Waals surface area contributed by atoms with E-state index in [1.165, 1.54) is 162 Å². The number of imidazole rings is 1. The first-order chi connectivity index (χ1) is 26.6. The van der Waals surface area contributed by atoms with Crippen LogP contribution in [0.1, 0.15) is 140 Å². The number of aryl methyl sites for hydroxylation is 6. The molecule has 0 saturated heterocycles. The Morgan fingerprint density at radius 2 is 0.982 bits per heavy atom. The molecule has 3 saturated carbocycles. The van der Waals surface area contributed by atoms with Crippen LogP contribution in [0.15, 0.2) is 72.3 Å². The number of rotatable bonds is 6. The van der Waals surface area contributed by atoms with Gasteiger partial charge in [-0.2, -0.15) is 0 Å². The highest BCUT2D eigenvalue weighted by Gasteiger charge is 2.47. The number of fused-ring (bicyclic) bond motifs is 1. The molecule has 290 valence electrons. The quantitative estimate of drug-likeness (QED) is 0.153. The van der Waals surface area contributed by atoms with Gasteiger partial charge in [0.2, 0.25) is 0 Å². The van der Waals surface area contributed by atoms with Crippen molar-refractivity contribution in [2.45, 2.75) is 162 Å². The fourth-order valence-corrected chi connectivity index (χ4v) is 19.7. The second kappa shape index (κ2) is 15.8. The van der Waals surface area contributed by atoms with E-state index in [4.69, 9.17) is 0 Å². The molecule has 1 atom stereocenters. The molecule has 3 aliphatic carbocycles. The molecular weight excluding hydrogens is 684 g/mol. The third-order valence-corrected chi connectivity index (χ3v) is 20.4. The van der Waals surface area contributed by atoms with Gasteiger partial charge >= 0.3 is 0 Å². The number of benzene rings is 4. The lowest BCUT2D eigenvalue weighted by Gasteiger charge is -2.51. The first-order valence-electron chi connectivity index (χ1n) is 22.0. The SMILES string of the molecule is Cc1cc(C)c(-n2c(C)c(C)n(-c3c(C)cc(C)cc3C)c2=P(C2CCCCC2)(C2CCCCC2)C2CCCCC2=Cc2ccc3ccccc3c2)c(C)c1. The fourth-order valence-electron chi connectivity index (χ4n) is 12.1. The highest BCUT2D eigenvalue weighted by Crippen LogP contribution is 2.72. The van der Waals surface area contributed by atoms with Crippen LogP contribution in [0.2, 0.25) is 0 Å². The Kier molecular flexibility index (Phi) is 11.0. The topological polar surface area (TPSA) is 9.86 Å². The molecule has 4 aromatic carbocycles. The van der Waals surface area contributed by atoms with E-state index < -0.39 is 6.89 Å². The predicted molar refractivity (Wildman–Crippen MR) is 241 cm³/mol. The van der Waals surface area contributed by atoms with Gasteiger partial charge in [-0.3, -0.25) is 9.13 Å². The van der Waals surface area contributed by atoms with Crippen molar-refractivity contribution in [1.82, 2.24) is 9.13 Å². The van der Waals surface area contributed by atoms with Crippen molar-refractivity contribution < 1.29 is 0 Å². The van der Waals surface area contributed by atoms with Crippen molar-refractivity contribution >= 4 is 23.7 Å². The fraction of sp³-hybridized carbons (Fsp3) is 0.481. The van der Waals surface area contributed by atoms with Gasteiger partial charge in [-0.15, -0.1) is 0 Å². The van der Waals surface area contributed by atoms with Gasteiger partial charge in [0.15, 0.2) is 0 Å². The Bertz CT molecular complexity index is 2200. The Morgan fingerprint density at radius 3 is 1.49 bits per heavy atom. The van der Waals surface area contributed by atoms with E-state index in [-0.39, 0.29) is 0 Å². The van der Waals surface area contributed by atoms with Crippen LogP contribution < -0.4 is 0 Å². The van der Waals surface area contributed by atoms with Crippen LogP contribution in [0, 0.1) is 60.6 Å². The van der Waals surface area contributed by atoms with E-state index in [1.54, 1.807) is 10.8 Å². The van der Waals surface area contributed by atoms with Crippen molar-refractivity contribution in [3.8, 4) is 11.4 Å². The normalized spacial score (nSPS) is 19.8. The molecule has 55 heavy (non-hydrogen) atoms. The molecule has 8 rings (SSSR count). The van der Waals surface area contributed by atoms with Crippen LogP contribution >= 0.6 is 6.89 Å². The van der Waals surface area contributed by atoms with Crippen molar-refractivity contribution in [3.63, 3.8) is 0 Å². The molecule has 0 bridgehead atoms. The largest absolute Gasteiger partial charge is 0.298 e. The minimum Gasteiger partial charge on any atom is -0.298 e. The maximum atomic E-state index is 2.93. The summed E-state index contributed by atoms with van der Waals surface area (Å²) in [6.07, 6.45) is 21.9. The van der Waals surface area contributed by atoms with Gasteiger partial charge in [0.05, 0.1) is 11.4 Å².